The van der Waals surface area contributed by atoms with Crippen molar-refractivity contribution < 1.29 is 19.5 Å². The number of carboxylic acid groups (broad SMARTS) is 1. The number of rotatable bonds is 4. The molecule has 1 aliphatic rings. The molecule has 0 aliphatic heterocycles. The molecule has 2 rings (SSSR count). The van der Waals surface area contributed by atoms with Crippen LogP contribution in [0.3, 0.4) is 0 Å². The Balaban J connectivity index is 2.10. The first kappa shape index (κ1) is 15.0. The second-order valence-electron chi connectivity index (χ2n) is 5.12. The van der Waals surface area contributed by atoms with Gasteiger partial charge in [-0.15, -0.1) is 0 Å². The van der Waals surface area contributed by atoms with Crippen molar-refractivity contribution in [3.63, 3.8) is 0 Å². The summed E-state index contributed by atoms with van der Waals surface area (Å²) in [5, 5.41) is 14.4. The van der Waals surface area contributed by atoms with Crippen LogP contribution >= 0.6 is 0 Å². The van der Waals surface area contributed by atoms with Crippen molar-refractivity contribution in [1.29, 1.82) is 0 Å². The minimum absolute atomic E-state index is 0.270. The average molecular weight is 290 g/mol. The predicted molar refractivity (Wildman–Crippen MR) is 76.1 cm³/mol. The standard InChI is InChI=1S/C15H18N2O4/c1-16-13(18)9-4-2-5-10(8-9)14(19)17-12-7-3-6-11(12)15(20)21/h2,4-5,8,11-12H,3,6-7H2,1H3,(H,16,18)(H,17,19)(H,20,21)/t11-,12+/m0/s1. The maximum absolute atomic E-state index is 12.2. The van der Waals surface area contributed by atoms with E-state index in [4.69, 9.17) is 5.11 Å². The van der Waals surface area contributed by atoms with Crippen LogP contribution in [0, 0.1) is 5.92 Å². The maximum Gasteiger partial charge on any atom is 0.308 e. The molecule has 112 valence electrons. The van der Waals surface area contributed by atoms with Crippen LogP contribution in [0.25, 0.3) is 0 Å². The normalized spacial score (nSPS) is 20.8. The van der Waals surface area contributed by atoms with E-state index in [-0.39, 0.29) is 17.9 Å². The Hall–Kier alpha value is -2.37. The second kappa shape index (κ2) is 6.39. The van der Waals surface area contributed by atoms with Crippen molar-refractivity contribution in [2.45, 2.75) is 25.3 Å². The fraction of sp³-hybridized carbons (Fsp3) is 0.400. The predicted octanol–water partition coefficient (Wildman–Crippen LogP) is 1.03. The summed E-state index contributed by atoms with van der Waals surface area (Å²) in [7, 11) is 1.52. The molecule has 1 aromatic rings. The van der Waals surface area contributed by atoms with Crippen molar-refractivity contribution >= 4 is 17.8 Å². The third-order valence-electron chi connectivity index (χ3n) is 3.76. The van der Waals surface area contributed by atoms with E-state index in [2.05, 4.69) is 10.6 Å². The maximum atomic E-state index is 12.2. The first-order valence-electron chi connectivity index (χ1n) is 6.88. The van der Waals surface area contributed by atoms with Gasteiger partial charge in [0, 0.05) is 24.2 Å². The smallest absolute Gasteiger partial charge is 0.308 e. The monoisotopic (exact) mass is 290 g/mol. The quantitative estimate of drug-likeness (QED) is 0.771. The number of amides is 2. The van der Waals surface area contributed by atoms with E-state index in [9.17, 15) is 14.4 Å². The molecule has 2 atom stereocenters. The van der Waals surface area contributed by atoms with Gasteiger partial charge in [0.15, 0.2) is 0 Å². The van der Waals surface area contributed by atoms with Crippen LogP contribution in [0.15, 0.2) is 24.3 Å². The van der Waals surface area contributed by atoms with Gasteiger partial charge in [-0.1, -0.05) is 12.5 Å². The minimum atomic E-state index is -0.878. The SMILES string of the molecule is CNC(=O)c1cccc(C(=O)N[C@@H]2CCC[C@@H]2C(=O)O)c1. The van der Waals surface area contributed by atoms with E-state index >= 15 is 0 Å². The number of carbonyl (C=O) groups is 3. The lowest BCUT2D eigenvalue weighted by molar-refractivity contribution is -0.142. The highest BCUT2D eigenvalue weighted by Gasteiger charge is 2.34. The van der Waals surface area contributed by atoms with Crippen LogP contribution in [-0.4, -0.2) is 36.0 Å². The Bertz CT molecular complexity index is 571. The molecule has 6 heteroatoms. The lowest BCUT2D eigenvalue weighted by Gasteiger charge is -2.17. The highest BCUT2D eigenvalue weighted by atomic mass is 16.4. The van der Waals surface area contributed by atoms with Gasteiger partial charge in [0.05, 0.1) is 5.92 Å². The summed E-state index contributed by atoms with van der Waals surface area (Å²) >= 11 is 0. The van der Waals surface area contributed by atoms with Crippen LogP contribution in [0.5, 0.6) is 0 Å². The van der Waals surface area contributed by atoms with E-state index in [1.807, 2.05) is 0 Å². The number of hydrogen-bond donors (Lipinski definition) is 3. The molecule has 2 amide bonds. The third kappa shape index (κ3) is 3.39. The summed E-state index contributed by atoms with van der Waals surface area (Å²) in [5.41, 5.74) is 0.749. The molecule has 3 N–H and O–H groups in total. The average Bonchev–Trinajstić information content (AvgIpc) is 2.94. The van der Waals surface area contributed by atoms with Crippen LogP contribution in [-0.2, 0) is 4.79 Å². The highest BCUT2D eigenvalue weighted by Crippen LogP contribution is 2.26. The Kier molecular flexibility index (Phi) is 4.57. The topological polar surface area (TPSA) is 95.5 Å². The van der Waals surface area contributed by atoms with Gasteiger partial charge < -0.3 is 15.7 Å². The van der Waals surface area contributed by atoms with E-state index in [0.29, 0.717) is 24.0 Å². The van der Waals surface area contributed by atoms with Crippen molar-refractivity contribution in [1.82, 2.24) is 10.6 Å². The lowest BCUT2D eigenvalue weighted by atomic mass is 10.0. The van der Waals surface area contributed by atoms with Gasteiger partial charge in [0.25, 0.3) is 11.8 Å². The fourth-order valence-electron chi connectivity index (χ4n) is 2.63. The van der Waals surface area contributed by atoms with Crippen molar-refractivity contribution in [3.8, 4) is 0 Å². The van der Waals surface area contributed by atoms with Gasteiger partial charge >= 0.3 is 5.97 Å². The molecule has 6 nitrogen and oxygen atoms in total. The molecule has 0 radical (unpaired) electrons. The number of carbonyl (C=O) groups excluding carboxylic acids is 2. The zero-order chi connectivity index (χ0) is 15.4. The molecule has 0 spiro atoms. The van der Waals surface area contributed by atoms with Gasteiger partial charge in [0.1, 0.15) is 0 Å². The van der Waals surface area contributed by atoms with Gasteiger partial charge in [-0.25, -0.2) is 0 Å². The Morgan fingerprint density at radius 1 is 1.14 bits per heavy atom. The Morgan fingerprint density at radius 3 is 2.43 bits per heavy atom. The lowest BCUT2D eigenvalue weighted by Crippen LogP contribution is -2.40. The fourth-order valence-corrected chi connectivity index (χ4v) is 2.63. The van der Waals surface area contributed by atoms with E-state index in [0.717, 1.165) is 6.42 Å². The van der Waals surface area contributed by atoms with Crippen LogP contribution in [0.4, 0.5) is 0 Å². The molecule has 1 aromatic carbocycles. The zero-order valence-electron chi connectivity index (χ0n) is 11.8. The molecule has 0 bridgehead atoms. The van der Waals surface area contributed by atoms with E-state index < -0.39 is 11.9 Å². The number of carboxylic acids is 1. The van der Waals surface area contributed by atoms with E-state index in [1.165, 1.54) is 13.1 Å². The van der Waals surface area contributed by atoms with Gasteiger partial charge in [0.2, 0.25) is 0 Å². The molecule has 0 heterocycles. The first-order chi connectivity index (χ1) is 10.0. The molecule has 1 fully saturated rings. The van der Waals surface area contributed by atoms with E-state index in [1.54, 1.807) is 18.2 Å². The second-order valence-corrected chi connectivity index (χ2v) is 5.12. The van der Waals surface area contributed by atoms with Crippen molar-refractivity contribution in [2.75, 3.05) is 7.05 Å². The summed E-state index contributed by atoms with van der Waals surface area (Å²) in [5.74, 6) is -2.03. The summed E-state index contributed by atoms with van der Waals surface area (Å²) in [4.78, 5) is 34.9. The molecule has 0 unspecified atom stereocenters. The number of benzene rings is 1. The van der Waals surface area contributed by atoms with Crippen molar-refractivity contribution in [3.05, 3.63) is 35.4 Å². The molecular weight excluding hydrogens is 272 g/mol. The largest absolute Gasteiger partial charge is 0.481 e. The summed E-state index contributed by atoms with van der Waals surface area (Å²) in [6, 6.07) is 6.00. The Labute approximate surface area is 122 Å². The van der Waals surface area contributed by atoms with Gasteiger partial charge in [-0.2, -0.15) is 0 Å². The van der Waals surface area contributed by atoms with Gasteiger partial charge in [-0.3, -0.25) is 14.4 Å². The van der Waals surface area contributed by atoms with Crippen LogP contribution in [0.2, 0.25) is 0 Å². The zero-order valence-corrected chi connectivity index (χ0v) is 11.8. The molecule has 0 saturated heterocycles. The number of nitrogens with one attached hydrogen (secondary N) is 2. The summed E-state index contributed by atoms with van der Waals surface area (Å²) in [6.07, 6.45) is 2.04. The van der Waals surface area contributed by atoms with Gasteiger partial charge in [-0.05, 0) is 31.0 Å². The molecule has 1 saturated carbocycles. The number of hydrogen-bond acceptors (Lipinski definition) is 3. The molecular formula is C15H18N2O4. The molecule has 21 heavy (non-hydrogen) atoms. The summed E-state index contributed by atoms with van der Waals surface area (Å²) < 4.78 is 0. The number of aliphatic carboxylic acids is 1. The van der Waals surface area contributed by atoms with Crippen LogP contribution in [0.1, 0.15) is 40.0 Å². The minimum Gasteiger partial charge on any atom is -0.481 e. The molecule has 1 aliphatic carbocycles. The highest BCUT2D eigenvalue weighted by molar-refractivity contribution is 5.99. The molecule has 0 aromatic heterocycles. The van der Waals surface area contributed by atoms with Crippen LogP contribution < -0.4 is 10.6 Å². The third-order valence-corrected chi connectivity index (χ3v) is 3.76. The Morgan fingerprint density at radius 2 is 1.81 bits per heavy atom. The van der Waals surface area contributed by atoms with Crippen molar-refractivity contribution in [2.24, 2.45) is 5.92 Å². The first-order valence-corrected chi connectivity index (χ1v) is 6.88. The summed E-state index contributed by atoms with van der Waals surface area (Å²) in [6.45, 7) is 0.